The van der Waals surface area contributed by atoms with Crippen molar-refractivity contribution in [1.29, 1.82) is 0 Å². The molecule has 1 aliphatic rings. The zero-order valence-corrected chi connectivity index (χ0v) is 24.6. The molecule has 4 nitrogen and oxygen atoms in total. The van der Waals surface area contributed by atoms with Crippen molar-refractivity contribution in [2.45, 2.75) is 86.1 Å². The van der Waals surface area contributed by atoms with E-state index in [2.05, 4.69) is 87.5 Å². The maximum absolute atomic E-state index is 5.40. The van der Waals surface area contributed by atoms with Crippen molar-refractivity contribution in [2.24, 2.45) is 0 Å². The Bertz CT molecular complexity index is 1010. The summed E-state index contributed by atoms with van der Waals surface area (Å²) in [5.74, 6) is 2.82. The number of hydrogen-bond donors (Lipinski definition) is 2. The van der Waals surface area contributed by atoms with Gasteiger partial charge >= 0.3 is 0 Å². The molecule has 1 unspecified atom stereocenters. The van der Waals surface area contributed by atoms with Crippen LogP contribution in [0, 0.1) is 6.92 Å². The lowest BCUT2D eigenvalue weighted by Gasteiger charge is -2.24. The first kappa shape index (κ1) is 30.6. The second-order valence-corrected chi connectivity index (χ2v) is 11.2. The molecular weight excluding hydrogens is 474 g/mol. The van der Waals surface area contributed by atoms with Gasteiger partial charge < -0.3 is 15.4 Å². The molecule has 37 heavy (non-hydrogen) atoms. The average Bonchev–Trinajstić information content (AvgIpc) is 2.87. The predicted octanol–water partition coefficient (Wildman–Crippen LogP) is 8.98. The minimum Gasteiger partial charge on any atom is -0.469 e. The lowest BCUT2D eigenvalue weighted by atomic mass is 10.0. The van der Waals surface area contributed by atoms with Gasteiger partial charge in [0.15, 0.2) is 0 Å². The summed E-state index contributed by atoms with van der Waals surface area (Å²) in [5.41, 5.74) is 8.02. The summed E-state index contributed by atoms with van der Waals surface area (Å²) in [6.07, 6.45) is 23.5. The van der Waals surface area contributed by atoms with Gasteiger partial charge in [-0.15, -0.1) is 0 Å². The molecule has 0 aliphatic carbocycles. The van der Waals surface area contributed by atoms with Crippen LogP contribution >= 0.6 is 11.8 Å². The Kier molecular flexibility index (Phi) is 14.7. The molecule has 0 saturated heterocycles. The Morgan fingerprint density at radius 3 is 2.22 bits per heavy atom. The molecule has 0 amide bonds. The molecule has 0 spiro atoms. The molecule has 1 aromatic rings. The zero-order chi connectivity index (χ0) is 26.9. The summed E-state index contributed by atoms with van der Waals surface area (Å²) in [7, 11) is 0. The number of ether oxygens (including phenoxy) is 1. The highest BCUT2D eigenvalue weighted by Crippen LogP contribution is 2.19. The highest BCUT2D eigenvalue weighted by molar-refractivity contribution is 7.99. The lowest BCUT2D eigenvalue weighted by molar-refractivity contribution is 0.379. The van der Waals surface area contributed by atoms with Crippen molar-refractivity contribution in [3.8, 4) is 0 Å². The molecule has 5 heteroatoms. The van der Waals surface area contributed by atoms with Crippen LogP contribution in [0.2, 0.25) is 0 Å². The molecule has 2 rings (SSSR count). The molecular formula is C32H47N3OS. The Morgan fingerprint density at radius 1 is 0.973 bits per heavy atom. The molecule has 2 heterocycles. The molecule has 1 atom stereocenters. The third kappa shape index (κ3) is 13.5. The van der Waals surface area contributed by atoms with Crippen molar-refractivity contribution >= 4 is 17.6 Å². The van der Waals surface area contributed by atoms with Gasteiger partial charge in [-0.2, -0.15) is 11.8 Å². The number of pyridine rings is 1. The van der Waals surface area contributed by atoms with Crippen LogP contribution in [-0.2, 0) is 4.74 Å². The fourth-order valence-electron chi connectivity index (χ4n) is 3.88. The van der Waals surface area contributed by atoms with E-state index in [-0.39, 0.29) is 6.04 Å². The Labute approximate surface area is 230 Å². The summed E-state index contributed by atoms with van der Waals surface area (Å²) in [6, 6.07) is 4.13. The van der Waals surface area contributed by atoms with Crippen LogP contribution < -0.4 is 10.6 Å². The minimum absolute atomic E-state index is 0.0905. The monoisotopic (exact) mass is 521 g/mol. The van der Waals surface area contributed by atoms with Gasteiger partial charge in [0.05, 0.1) is 11.7 Å². The van der Waals surface area contributed by atoms with Crippen LogP contribution in [0.3, 0.4) is 0 Å². The Hall–Kier alpha value is -2.66. The van der Waals surface area contributed by atoms with E-state index >= 15 is 0 Å². The Balaban J connectivity index is 1.73. The van der Waals surface area contributed by atoms with E-state index < -0.39 is 0 Å². The first-order valence-electron chi connectivity index (χ1n) is 13.5. The van der Waals surface area contributed by atoms with Crippen LogP contribution in [0.5, 0.6) is 0 Å². The number of nitrogens with one attached hydrogen (secondary N) is 2. The highest BCUT2D eigenvalue weighted by Gasteiger charge is 2.17. The van der Waals surface area contributed by atoms with Gasteiger partial charge in [-0.25, -0.2) is 4.98 Å². The van der Waals surface area contributed by atoms with Gasteiger partial charge in [-0.05, 0) is 91.7 Å². The number of anilines is 1. The molecule has 0 bridgehead atoms. The Morgan fingerprint density at radius 2 is 1.62 bits per heavy atom. The first-order valence-corrected chi connectivity index (χ1v) is 14.6. The summed E-state index contributed by atoms with van der Waals surface area (Å²) in [5, 5.41) is 6.88. The third-order valence-electron chi connectivity index (χ3n) is 6.28. The normalized spacial score (nSPS) is 15.0. The first-order chi connectivity index (χ1) is 17.8. The number of hydrogen-bond acceptors (Lipinski definition) is 5. The fraction of sp³-hybridized carbons (Fsp3) is 0.469. The van der Waals surface area contributed by atoms with Gasteiger partial charge in [0, 0.05) is 23.9 Å². The SMILES string of the molecule is CC(C)=CCC/C(C)=C/CC/C(C)=C/CC/C(C)=C/CSCC(Nc1ncccc1C)C1=COC=CN1. The molecule has 2 N–H and O–H groups in total. The smallest absolute Gasteiger partial charge is 0.129 e. The van der Waals surface area contributed by atoms with Crippen LogP contribution in [0.15, 0.2) is 89.3 Å². The number of aromatic nitrogens is 1. The van der Waals surface area contributed by atoms with Gasteiger partial charge in [-0.3, -0.25) is 0 Å². The number of rotatable bonds is 16. The lowest BCUT2D eigenvalue weighted by Crippen LogP contribution is -2.32. The minimum atomic E-state index is 0.0905. The maximum Gasteiger partial charge on any atom is 0.129 e. The van der Waals surface area contributed by atoms with Crippen LogP contribution in [0.4, 0.5) is 5.82 Å². The summed E-state index contributed by atoms with van der Waals surface area (Å²) in [4.78, 5) is 4.50. The molecule has 202 valence electrons. The molecule has 0 aromatic carbocycles. The van der Waals surface area contributed by atoms with Crippen molar-refractivity contribution < 1.29 is 4.74 Å². The number of aryl methyl sites for hydroxylation is 1. The van der Waals surface area contributed by atoms with Gasteiger partial charge in [0.1, 0.15) is 18.3 Å². The number of allylic oxidation sites excluding steroid dienone is 7. The summed E-state index contributed by atoms with van der Waals surface area (Å²) < 4.78 is 5.40. The van der Waals surface area contributed by atoms with Crippen LogP contribution in [0.1, 0.15) is 78.7 Å². The number of nitrogens with zero attached hydrogens (tertiary/aromatic N) is 1. The van der Waals surface area contributed by atoms with Crippen molar-refractivity contribution in [1.82, 2.24) is 10.3 Å². The van der Waals surface area contributed by atoms with E-state index in [0.717, 1.165) is 60.7 Å². The molecule has 0 fully saturated rings. The van der Waals surface area contributed by atoms with E-state index in [9.17, 15) is 0 Å². The second kappa shape index (κ2) is 17.7. The molecule has 1 aromatic heterocycles. The van der Waals surface area contributed by atoms with Gasteiger partial charge in [0.2, 0.25) is 0 Å². The van der Waals surface area contributed by atoms with E-state index in [1.807, 2.05) is 30.2 Å². The highest BCUT2D eigenvalue weighted by atomic mass is 32.2. The molecule has 0 radical (unpaired) electrons. The predicted molar refractivity (Wildman–Crippen MR) is 164 cm³/mol. The molecule has 0 saturated carbocycles. The van der Waals surface area contributed by atoms with E-state index in [1.54, 1.807) is 12.5 Å². The van der Waals surface area contributed by atoms with Gasteiger partial charge in [-0.1, -0.05) is 52.7 Å². The van der Waals surface area contributed by atoms with Crippen molar-refractivity contribution in [3.05, 3.63) is 94.9 Å². The van der Waals surface area contributed by atoms with Gasteiger partial charge in [0.25, 0.3) is 0 Å². The molecule has 1 aliphatic heterocycles. The zero-order valence-electron chi connectivity index (χ0n) is 23.8. The largest absolute Gasteiger partial charge is 0.469 e. The van der Waals surface area contributed by atoms with E-state index in [0.29, 0.717) is 0 Å². The maximum atomic E-state index is 5.40. The summed E-state index contributed by atoms with van der Waals surface area (Å²) >= 11 is 1.92. The van der Waals surface area contributed by atoms with Crippen LogP contribution in [0.25, 0.3) is 0 Å². The quantitative estimate of drug-likeness (QED) is 0.168. The fourth-order valence-corrected chi connectivity index (χ4v) is 4.92. The van der Waals surface area contributed by atoms with Crippen molar-refractivity contribution in [2.75, 3.05) is 16.8 Å². The van der Waals surface area contributed by atoms with Crippen LogP contribution in [-0.4, -0.2) is 22.5 Å². The van der Waals surface area contributed by atoms with Crippen molar-refractivity contribution in [3.63, 3.8) is 0 Å². The topological polar surface area (TPSA) is 46.2 Å². The summed E-state index contributed by atoms with van der Waals surface area (Å²) in [6.45, 7) is 13.2. The van der Waals surface area contributed by atoms with E-state index in [4.69, 9.17) is 4.74 Å². The number of thioether (sulfide) groups is 1. The average molecular weight is 522 g/mol. The van der Waals surface area contributed by atoms with E-state index in [1.165, 1.54) is 28.7 Å². The standard InChI is InChI=1S/C32H47N3OS/c1-25(2)11-7-12-26(3)13-8-14-27(4)15-9-16-28(5)18-22-37-24-31(30-23-36-21-20-33-30)35-32-29(6)17-10-19-34-32/h10-11,13,15,17-21,23,31,33H,7-9,12,14,16,22,24H2,1-6H3,(H,34,35)/b26-13+,27-15+,28-18+. The second-order valence-electron chi connectivity index (χ2n) is 10.1. The third-order valence-corrected chi connectivity index (χ3v) is 7.25.